The van der Waals surface area contributed by atoms with Crippen molar-refractivity contribution in [2.24, 2.45) is 4.99 Å². The molecule has 5 nitrogen and oxygen atoms in total. The Hall–Kier alpha value is -2.69. The number of aliphatic imine (C=N–C) groups is 1. The molecule has 0 bridgehead atoms. The van der Waals surface area contributed by atoms with Gasteiger partial charge in [-0.2, -0.15) is 0 Å². The van der Waals surface area contributed by atoms with Gasteiger partial charge in [0.05, 0.1) is 13.7 Å². The molecule has 1 N–H and O–H groups in total. The normalized spacial score (nSPS) is 11.0. The molecule has 2 rings (SSSR count). The van der Waals surface area contributed by atoms with E-state index in [0.29, 0.717) is 13.2 Å². The number of nitrogens with one attached hydrogen (secondary N) is 1. The van der Waals surface area contributed by atoms with Crippen molar-refractivity contribution >= 4 is 5.96 Å². The van der Waals surface area contributed by atoms with Crippen LogP contribution in [0.1, 0.15) is 5.56 Å². The molecule has 0 aromatic heterocycles. The first-order valence-electron chi connectivity index (χ1n) is 7.95. The highest BCUT2D eigenvalue weighted by Gasteiger charge is 2.06. The fourth-order valence-electron chi connectivity index (χ4n) is 2.23. The van der Waals surface area contributed by atoms with Crippen molar-refractivity contribution in [2.45, 2.75) is 6.54 Å². The minimum absolute atomic E-state index is 0.601. The molecule has 0 amide bonds. The van der Waals surface area contributed by atoms with E-state index in [-0.39, 0.29) is 0 Å². The summed E-state index contributed by atoms with van der Waals surface area (Å²) in [7, 11) is 5.45. The number of methoxy groups -OCH3 is 1. The van der Waals surface area contributed by atoms with Gasteiger partial charge in [-0.3, -0.25) is 4.99 Å². The van der Waals surface area contributed by atoms with E-state index in [1.807, 2.05) is 66.5 Å². The SMILES string of the molecule is CN=C(NCc1ccc(OC)cc1)N(C)CCOc1ccccc1. The first kappa shape index (κ1) is 17.7. The first-order chi connectivity index (χ1) is 11.7. The average Bonchev–Trinajstić information content (AvgIpc) is 2.63. The average molecular weight is 327 g/mol. The van der Waals surface area contributed by atoms with Crippen LogP contribution < -0.4 is 14.8 Å². The van der Waals surface area contributed by atoms with E-state index in [0.717, 1.165) is 24.0 Å². The Morgan fingerprint density at radius 3 is 2.38 bits per heavy atom. The topological polar surface area (TPSA) is 46.1 Å². The number of guanidine groups is 1. The maximum Gasteiger partial charge on any atom is 0.193 e. The van der Waals surface area contributed by atoms with E-state index in [9.17, 15) is 0 Å². The van der Waals surface area contributed by atoms with Gasteiger partial charge >= 0.3 is 0 Å². The summed E-state index contributed by atoms with van der Waals surface area (Å²) in [5.41, 5.74) is 1.17. The third-order valence-corrected chi connectivity index (χ3v) is 3.62. The molecule has 2 aromatic carbocycles. The molecule has 0 atom stereocenters. The molecule has 0 aliphatic rings. The highest BCUT2D eigenvalue weighted by Crippen LogP contribution is 2.11. The zero-order valence-electron chi connectivity index (χ0n) is 14.5. The maximum atomic E-state index is 5.72. The lowest BCUT2D eigenvalue weighted by Crippen LogP contribution is -2.40. The van der Waals surface area contributed by atoms with Gasteiger partial charge in [-0.15, -0.1) is 0 Å². The molecule has 0 saturated heterocycles. The van der Waals surface area contributed by atoms with E-state index in [1.165, 1.54) is 5.56 Å². The van der Waals surface area contributed by atoms with Gasteiger partial charge in [-0.05, 0) is 29.8 Å². The lowest BCUT2D eigenvalue weighted by molar-refractivity contribution is 0.281. The predicted octanol–water partition coefficient (Wildman–Crippen LogP) is 2.78. The van der Waals surface area contributed by atoms with Crippen molar-refractivity contribution < 1.29 is 9.47 Å². The molecule has 0 saturated carbocycles. The van der Waals surface area contributed by atoms with Gasteiger partial charge < -0.3 is 19.7 Å². The first-order valence-corrected chi connectivity index (χ1v) is 7.95. The van der Waals surface area contributed by atoms with E-state index in [1.54, 1.807) is 14.2 Å². The van der Waals surface area contributed by atoms with Crippen LogP contribution in [0.4, 0.5) is 0 Å². The summed E-state index contributed by atoms with van der Waals surface area (Å²) in [6.07, 6.45) is 0. The smallest absolute Gasteiger partial charge is 0.193 e. The lowest BCUT2D eigenvalue weighted by Gasteiger charge is -2.22. The molecule has 0 fully saturated rings. The molecule has 5 heteroatoms. The van der Waals surface area contributed by atoms with Gasteiger partial charge in [-0.25, -0.2) is 0 Å². The molecule has 0 unspecified atom stereocenters. The van der Waals surface area contributed by atoms with Crippen LogP contribution in [-0.2, 0) is 6.54 Å². The van der Waals surface area contributed by atoms with E-state index in [2.05, 4.69) is 10.3 Å². The Morgan fingerprint density at radius 1 is 1.04 bits per heavy atom. The van der Waals surface area contributed by atoms with Crippen molar-refractivity contribution in [3.05, 3.63) is 60.2 Å². The van der Waals surface area contributed by atoms with Gasteiger partial charge in [0, 0.05) is 20.6 Å². The minimum Gasteiger partial charge on any atom is -0.497 e. The third kappa shape index (κ3) is 5.50. The van der Waals surface area contributed by atoms with Gasteiger partial charge in [-0.1, -0.05) is 30.3 Å². The van der Waals surface area contributed by atoms with Crippen LogP contribution in [-0.4, -0.2) is 45.2 Å². The lowest BCUT2D eigenvalue weighted by atomic mass is 10.2. The summed E-state index contributed by atoms with van der Waals surface area (Å²) in [5.74, 6) is 2.58. The Morgan fingerprint density at radius 2 is 1.75 bits per heavy atom. The van der Waals surface area contributed by atoms with Crippen LogP contribution >= 0.6 is 0 Å². The van der Waals surface area contributed by atoms with E-state index < -0.39 is 0 Å². The largest absolute Gasteiger partial charge is 0.497 e. The van der Waals surface area contributed by atoms with Crippen LogP contribution in [0.2, 0.25) is 0 Å². The number of benzene rings is 2. The molecule has 24 heavy (non-hydrogen) atoms. The molecule has 0 spiro atoms. The molecule has 2 aromatic rings. The van der Waals surface area contributed by atoms with Crippen molar-refractivity contribution in [1.29, 1.82) is 0 Å². The number of para-hydroxylation sites is 1. The van der Waals surface area contributed by atoms with Crippen LogP contribution in [0.25, 0.3) is 0 Å². The molecule has 128 valence electrons. The third-order valence-electron chi connectivity index (χ3n) is 3.62. The highest BCUT2D eigenvalue weighted by atomic mass is 16.5. The van der Waals surface area contributed by atoms with Crippen molar-refractivity contribution in [3.63, 3.8) is 0 Å². The summed E-state index contributed by atoms with van der Waals surface area (Å²) in [5, 5.41) is 3.35. The Balaban J connectivity index is 1.77. The number of hydrogen-bond donors (Lipinski definition) is 1. The van der Waals surface area contributed by atoms with Gasteiger partial charge in [0.2, 0.25) is 0 Å². The van der Waals surface area contributed by atoms with Gasteiger partial charge in [0.25, 0.3) is 0 Å². The number of ether oxygens (including phenoxy) is 2. The molecule has 0 aliphatic carbocycles. The highest BCUT2D eigenvalue weighted by molar-refractivity contribution is 5.79. The Bertz CT molecular complexity index is 627. The monoisotopic (exact) mass is 327 g/mol. The second-order valence-electron chi connectivity index (χ2n) is 5.33. The van der Waals surface area contributed by atoms with Crippen molar-refractivity contribution in [1.82, 2.24) is 10.2 Å². The Labute approximate surface area is 143 Å². The van der Waals surface area contributed by atoms with Crippen LogP contribution in [0, 0.1) is 0 Å². The fraction of sp³-hybridized carbons (Fsp3) is 0.316. The molecular weight excluding hydrogens is 302 g/mol. The second-order valence-corrected chi connectivity index (χ2v) is 5.33. The van der Waals surface area contributed by atoms with E-state index in [4.69, 9.17) is 9.47 Å². The van der Waals surface area contributed by atoms with Crippen LogP contribution in [0.5, 0.6) is 11.5 Å². The number of hydrogen-bond acceptors (Lipinski definition) is 3. The zero-order valence-corrected chi connectivity index (χ0v) is 14.5. The number of rotatable bonds is 7. The number of nitrogens with zero attached hydrogens (tertiary/aromatic N) is 2. The van der Waals surface area contributed by atoms with Crippen LogP contribution in [0.15, 0.2) is 59.6 Å². The zero-order chi connectivity index (χ0) is 17.2. The summed E-state index contributed by atoms with van der Waals surface area (Å²) in [6.45, 7) is 2.06. The van der Waals surface area contributed by atoms with Crippen LogP contribution in [0.3, 0.4) is 0 Å². The number of likely N-dealkylation sites (N-methyl/N-ethyl adjacent to an activating group) is 1. The second kappa shape index (κ2) is 9.45. The summed E-state index contributed by atoms with van der Waals surface area (Å²) < 4.78 is 10.9. The maximum absolute atomic E-state index is 5.72. The van der Waals surface area contributed by atoms with Gasteiger partial charge in [0.15, 0.2) is 5.96 Å². The fourth-order valence-corrected chi connectivity index (χ4v) is 2.23. The predicted molar refractivity (Wildman–Crippen MR) is 97.8 cm³/mol. The summed E-state index contributed by atoms with van der Waals surface area (Å²) >= 11 is 0. The molecular formula is C19H25N3O2. The van der Waals surface area contributed by atoms with Crippen molar-refractivity contribution in [2.75, 3.05) is 34.4 Å². The Kier molecular flexibility index (Phi) is 6.95. The summed E-state index contributed by atoms with van der Waals surface area (Å²) in [6, 6.07) is 17.8. The van der Waals surface area contributed by atoms with Crippen molar-refractivity contribution in [3.8, 4) is 11.5 Å². The minimum atomic E-state index is 0.601. The molecule has 0 radical (unpaired) electrons. The standard InChI is InChI=1S/C19H25N3O2/c1-20-19(21-15-16-9-11-17(23-3)12-10-16)22(2)13-14-24-18-7-5-4-6-8-18/h4-12H,13-15H2,1-3H3,(H,20,21). The van der Waals surface area contributed by atoms with E-state index >= 15 is 0 Å². The summed E-state index contributed by atoms with van der Waals surface area (Å²) in [4.78, 5) is 6.36. The molecule has 0 aliphatic heterocycles. The molecule has 0 heterocycles. The quantitative estimate of drug-likeness (QED) is 0.627. The van der Waals surface area contributed by atoms with Gasteiger partial charge in [0.1, 0.15) is 18.1 Å².